The fourth-order valence-electron chi connectivity index (χ4n) is 2.78. The number of carboxylic acid groups (broad SMARTS) is 1. The highest BCUT2D eigenvalue weighted by Gasteiger charge is 2.29. The van der Waals surface area contributed by atoms with Crippen LogP contribution in [0.25, 0.3) is 0 Å². The van der Waals surface area contributed by atoms with Crippen molar-refractivity contribution in [2.24, 2.45) is 0 Å². The lowest BCUT2D eigenvalue weighted by atomic mass is 9.94. The topological polar surface area (TPSA) is 110 Å². The van der Waals surface area contributed by atoms with Crippen molar-refractivity contribution >= 4 is 29.0 Å². The number of aromatic carboxylic acids is 1. The van der Waals surface area contributed by atoms with E-state index >= 15 is 0 Å². The van der Waals surface area contributed by atoms with Gasteiger partial charge >= 0.3 is 5.97 Å². The third-order valence-corrected chi connectivity index (χ3v) is 5.13. The van der Waals surface area contributed by atoms with E-state index in [0.29, 0.717) is 34.7 Å². The van der Waals surface area contributed by atoms with Crippen molar-refractivity contribution in [1.82, 2.24) is 10.3 Å². The van der Waals surface area contributed by atoms with E-state index in [-0.39, 0.29) is 16.4 Å². The number of ketones is 1. The zero-order valence-electron chi connectivity index (χ0n) is 13.2. The number of amides is 1. The molecule has 126 valence electrons. The summed E-state index contributed by atoms with van der Waals surface area (Å²) in [5.74, 6) is -0.767. The number of fused-ring (bicyclic) bond motifs is 1. The van der Waals surface area contributed by atoms with Crippen molar-refractivity contribution in [1.29, 1.82) is 0 Å². The maximum absolute atomic E-state index is 12.5. The quantitative estimate of drug-likeness (QED) is 0.879. The van der Waals surface area contributed by atoms with E-state index in [4.69, 9.17) is 9.52 Å². The summed E-state index contributed by atoms with van der Waals surface area (Å²) in [5, 5.41) is 12.2. The number of hydrogen-bond acceptors (Lipinski definition) is 6. The molecule has 2 N–H and O–H groups in total. The van der Waals surface area contributed by atoms with Crippen molar-refractivity contribution in [2.75, 3.05) is 0 Å². The molecule has 2 heterocycles. The van der Waals surface area contributed by atoms with Gasteiger partial charge in [-0.3, -0.25) is 9.59 Å². The van der Waals surface area contributed by atoms with E-state index < -0.39 is 17.9 Å². The van der Waals surface area contributed by atoms with Crippen LogP contribution in [0.15, 0.2) is 10.6 Å². The molecule has 8 heteroatoms. The molecule has 3 rings (SSSR count). The van der Waals surface area contributed by atoms with Gasteiger partial charge in [0.2, 0.25) is 0 Å². The normalized spacial score (nSPS) is 15.0. The molecule has 0 saturated carbocycles. The maximum atomic E-state index is 12.5. The molecule has 1 amide bonds. The molecular weight excluding hydrogens is 332 g/mol. The number of rotatable bonds is 4. The summed E-state index contributed by atoms with van der Waals surface area (Å²) in [4.78, 5) is 39.5. The third-order valence-electron chi connectivity index (χ3n) is 3.96. The minimum atomic E-state index is -1.05. The zero-order chi connectivity index (χ0) is 17.4. The second-order valence-electron chi connectivity index (χ2n) is 5.69. The molecule has 1 aliphatic rings. The van der Waals surface area contributed by atoms with Crippen molar-refractivity contribution in [3.8, 4) is 0 Å². The Morgan fingerprint density at radius 2 is 2.17 bits per heavy atom. The minimum absolute atomic E-state index is 0.00984. The number of furan rings is 1. The standard InChI is InChI=1S/C16H16N2O5S/c1-7-12-9(19)4-3-5-10(12)23-13(7)14(20)18-8(2)15-17-6-11(24-15)16(21)22/h6,8H,3-5H2,1-2H3,(H,18,20)(H,21,22). The van der Waals surface area contributed by atoms with Gasteiger partial charge in [-0.25, -0.2) is 9.78 Å². The highest BCUT2D eigenvalue weighted by molar-refractivity contribution is 7.13. The summed E-state index contributed by atoms with van der Waals surface area (Å²) in [6.45, 7) is 3.42. The lowest BCUT2D eigenvalue weighted by Crippen LogP contribution is -2.26. The van der Waals surface area contributed by atoms with Gasteiger partial charge in [0.05, 0.1) is 17.8 Å². The molecule has 1 unspecified atom stereocenters. The van der Waals surface area contributed by atoms with Crippen LogP contribution in [0, 0.1) is 6.92 Å². The molecule has 1 aliphatic carbocycles. The van der Waals surface area contributed by atoms with Gasteiger partial charge in [-0.1, -0.05) is 0 Å². The van der Waals surface area contributed by atoms with Gasteiger partial charge < -0.3 is 14.8 Å². The molecule has 0 bridgehead atoms. The third kappa shape index (κ3) is 2.84. The van der Waals surface area contributed by atoms with Crippen LogP contribution < -0.4 is 5.32 Å². The highest BCUT2D eigenvalue weighted by atomic mass is 32.1. The Morgan fingerprint density at radius 3 is 2.79 bits per heavy atom. The molecule has 1 atom stereocenters. The number of Topliss-reactive ketones (excluding diaryl/α,β-unsaturated/α-hetero) is 1. The summed E-state index contributed by atoms with van der Waals surface area (Å²) < 4.78 is 5.61. The first kappa shape index (κ1) is 16.4. The number of aryl methyl sites for hydroxylation is 1. The van der Waals surface area contributed by atoms with Gasteiger partial charge in [0.15, 0.2) is 11.5 Å². The van der Waals surface area contributed by atoms with Gasteiger partial charge in [-0.2, -0.15) is 0 Å². The van der Waals surface area contributed by atoms with E-state index in [0.717, 1.165) is 17.8 Å². The number of nitrogens with zero attached hydrogens (tertiary/aromatic N) is 1. The monoisotopic (exact) mass is 348 g/mol. The smallest absolute Gasteiger partial charge is 0.347 e. The molecule has 0 aromatic carbocycles. The van der Waals surface area contributed by atoms with Crippen LogP contribution in [0.1, 0.15) is 72.7 Å². The Bertz CT molecular complexity index is 836. The number of carbonyl (C=O) groups excluding carboxylic acids is 2. The summed E-state index contributed by atoms with van der Waals surface area (Å²) in [7, 11) is 0. The molecule has 0 aliphatic heterocycles. The van der Waals surface area contributed by atoms with Crippen LogP contribution in [-0.4, -0.2) is 27.8 Å². The predicted molar refractivity (Wildman–Crippen MR) is 85.7 cm³/mol. The van der Waals surface area contributed by atoms with Gasteiger partial charge in [-0.05, 0) is 20.3 Å². The Labute approximate surface area is 141 Å². The average Bonchev–Trinajstić information content (AvgIpc) is 3.13. The van der Waals surface area contributed by atoms with E-state index in [9.17, 15) is 14.4 Å². The van der Waals surface area contributed by atoms with Crippen LogP contribution in [-0.2, 0) is 6.42 Å². The first-order valence-electron chi connectivity index (χ1n) is 7.53. The van der Waals surface area contributed by atoms with E-state index in [1.165, 1.54) is 6.20 Å². The molecule has 2 aromatic rings. The summed E-state index contributed by atoms with van der Waals surface area (Å²) >= 11 is 1.01. The van der Waals surface area contributed by atoms with Gasteiger partial charge in [0.25, 0.3) is 5.91 Å². The second-order valence-corrected chi connectivity index (χ2v) is 6.76. The van der Waals surface area contributed by atoms with Crippen LogP contribution in [0.4, 0.5) is 0 Å². The largest absolute Gasteiger partial charge is 0.477 e. The fraction of sp³-hybridized carbons (Fsp3) is 0.375. The molecule has 24 heavy (non-hydrogen) atoms. The predicted octanol–water partition coefficient (Wildman–Crippen LogP) is 2.75. The van der Waals surface area contributed by atoms with Gasteiger partial charge in [0, 0.05) is 18.4 Å². The summed E-state index contributed by atoms with van der Waals surface area (Å²) in [5.41, 5.74) is 1.09. The Hall–Kier alpha value is -2.48. The number of aromatic nitrogens is 1. The molecule has 2 aromatic heterocycles. The van der Waals surface area contributed by atoms with Crippen molar-refractivity contribution in [3.63, 3.8) is 0 Å². The second kappa shape index (κ2) is 6.20. The molecular formula is C16H16N2O5S. The van der Waals surface area contributed by atoms with Crippen LogP contribution in [0.3, 0.4) is 0 Å². The Balaban J connectivity index is 1.79. The lowest BCUT2D eigenvalue weighted by molar-refractivity contribution is 0.0701. The summed E-state index contributed by atoms with van der Waals surface area (Å²) in [6, 6.07) is -0.465. The van der Waals surface area contributed by atoms with E-state index in [1.54, 1.807) is 13.8 Å². The van der Waals surface area contributed by atoms with Gasteiger partial charge in [-0.15, -0.1) is 11.3 Å². The molecule has 0 saturated heterocycles. The molecule has 0 radical (unpaired) electrons. The Kier molecular flexibility index (Phi) is 4.23. The molecule has 7 nitrogen and oxygen atoms in total. The van der Waals surface area contributed by atoms with Crippen molar-refractivity contribution in [3.05, 3.63) is 38.7 Å². The van der Waals surface area contributed by atoms with Crippen LogP contribution in [0.5, 0.6) is 0 Å². The van der Waals surface area contributed by atoms with Crippen molar-refractivity contribution in [2.45, 2.75) is 39.2 Å². The summed E-state index contributed by atoms with van der Waals surface area (Å²) in [6.07, 6.45) is 3.12. The fourth-order valence-corrected chi connectivity index (χ4v) is 3.53. The maximum Gasteiger partial charge on any atom is 0.347 e. The van der Waals surface area contributed by atoms with Crippen molar-refractivity contribution < 1.29 is 23.9 Å². The van der Waals surface area contributed by atoms with Crippen LogP contribution >= 0.6 is 11.3 Å². The average molecular weight is 348 g/mol. The minimum Gasteiger partial charge on any atom is -0.477 e. The lowest BCUT2D eigenvalue weighted by Gasteiger charge is -2.10. The number of hydrogen-bond donors (Lipinski definition) is 2. The number of thiazole rings is 1. The first-order chi connectivity index (χ1) is 11.4. The number of carboxylic acids is 1. The highest BCUT2D eigenvalue weighted by Crippen LogP contribution is 2.30. The van der Waals surface area contributed by atoms with Crippen LogP contribution in [0.2, 0.25) is 0 Å². The van der Waals surface area contributed by atoms with E-state index in [2.05, 4.69) is 10.3 Å². The Morgan fingerprint density at radius 1 is 1.42 bits per heavy atom. The zero-order valence-corrected chi connectivity index (χ0v) is 14.0. The molecule has 0 spiro atoms. The number of carbonyl (C=O) groups is 3. The number of nitrogens with one attached hydrogen (secondary N) is 1. The van der Waals surface area contributed by atoms with Gasteiger partial charge in [0.1, 0.15) is 15.6 Å². The molecule has 0 fully saturated rings. The SMILES string of the molecule is Cc1c(C(=O)NC(C)c2ncc(C(=O)O)s2)oc2c1C(=O)CCC2. The first-order valence-corrected chi connectivity index (χ1v) is 8.35. The van der Waals surface area contributed by atoms with E-state index in [1.807, 2.05) is 0 Å².